The molecule has 2 rings (SSSR count). The first-order valence-corrected chi connectivity index (χ1v) is 8.21. The molecule has 0 aliphatic carbocycles. The Labute approximate surface area is 150 Å². The smallest absolute Gasteiger partial charge is 0.331 e. The summed E-state index contributed by atoms with van der Waals surface area (Å²) in [5, 5.41) is 2.58. The molecule has 1 heterocycles. The van der Waals surface area contributed by atoms with E-state index < -0.39 is 24.5 Å². The third-order valence-electron chi connectivity index (χ3n) is 3.52. The molecule has 1 fully saturated rings. The highest BCUT2D eigenvalue weighted by molar-refractivity contribution is 5.97. The second kappa shape index (κ2) is 9.36. The van der Waals surface area contributed by atoms with E-state index in [1.807, 2.05) is 0 Å². The van der Waals surface area contributed by atoms with Gasteiger partial charge in [-0.25, -0.2) is 9.59 Å². The predicted octanol–water partition coefficient (Wildman–Crippen LogP) is 1.41. The number of anilines is 2. The lowest BCUT2D eigenvalue weighted by Crippen LogP contribution is -2.23. The summed E-state index contributed by atoms with van der Waals surface area (Å²) in [6.07, 6.45) is 3.22. The highest BCUT2D eigenvalue weighted by Gasteiger charge is 2.21. The third kappa shape index (κ3) is 5.73. The summed E-state index contributed by atoms with van der Waals surface area (Å²) in [5.41, 5.74) is 1.30. The number of esters is 2. The summed E-state index contributed by atoms with van der Waals surface area (Å²) in [6.45, 7) is 2.05. The van der Waals surface area contributed by atoms with E-state index in [0.717, 1.165) is 24.3 Å². The Morgan fingerprint density at radius 3 is 2.35 bits per heavy atom. The van der Waals surface area contributed by atoms with E-state index in [0.29, 0.717) is 18.7 Å². The van der Waals surface area contributed by atoms with Crippen molar-refractivity contribution in [1.29, 1.82) is 0 Å². The van der Waals surface area contributed by atoms with Gasteiger partial charge in [-0.1, -0.05) is 0 Å². The first-order valence-electron chi connectivity index (χ1n) is 8.21. The van der Waals surface area contributed by atoms with Gasteiger partial charge >= 0.3 is 11.9 Å². The monoisotopic (exact) mass is 360 g/mol. The highest BCUT2D eigenvalue weighted by Crippen LogP contribution is 2.22. The van der Waals surface area contributed by atoms with Gasteiger partial charge in [-0.05, 0) is 37.6 Å². The van der Waals surface area contributed by atoms with Gasteiger partial charge in [0.25, 0.3) is 5.91 Å². The van der Waals surface area contributed by atoms with Gasteiger partial charge in [-0.15, -0.1) is 0 Å². The molecule has 1 aromatic carbocycles. The van der Waals surface area contributed by atoms with Gasteiger partial charge in [-0.3, -0.25) is 9.59 Å². The van der Waals surface area contributed by atoms with Crippen LogP contribution in [0.15, 0.2) is 36.4 Å². The van der Waals surface area contributed by atoms with Crippen LogP contribution in [-0.4, -0.2) is 43.5 Å². The maximum atomic E-state index is 11.8. The van der Waals surface area contributed by atoms with E-state index in [4.69, 9.17) is 4.74 Å². The molecule has 0 aromatic heterocycles. The largest absolute Gasteiger partial charge is 0.463 e. The number of nitrogens with one attached hydrogen (secondary N) is 1. The van der Waals surface area contributed by atoms with Crippen molar-refractivity contribution in [2.24, 2.45) is 0 Å². The lowest BCUT2D eigenvalue weighted by atomic mass is 10.2. The standard InChI is InChI=1S/C18H20N2O6/c1-2-25-17(23)9-10-18(24)26-12-15(21)19-13-5-7-14(8-6-13)20-11-3-4-16(20)22/h5-10H,2-4,11-12H2,1H3,(H,19,21)/b10-9+. The Morgan fingerprint density at radius 2 is 1.77 bits per heavy atom. The molecule has 0 bridgehead atoms. The highest BCUT2D eigenvalue weighted by atomic mass is 16.5. The summed E-state index contributed by atoms with van der Waals surface area (Å²) < 4.78 is 9.34. The van der Waals surface area contributed by atoms with E-state index in [9.17, 15) is 19.2 Å². The van der Waals surface area contributed by atoms with Crippen molar-refractivity contribution < 1.29 is 28.7 Å². The molecule has 0 saturated carbocycles. The van der Waals surface area contributed by atoms with E-state index in [1.165, 1.54) is 0 Å². The number of nitrogens with zero attached hydrogens (tertiary/aromatic N) is 1. The van der Waals surface area contributed by atoms with Crippen LogP contribution in [0.25, 0.3) is 0 Å². The molecular formula is C18H20N2O6. The summed E-state index contributed by atoms with van der Waals surface area (Å²) in [4.78, 5) is 47.6. The number of carbonyl (C=O) groups excluding carboxylic acids is 4. The third-order valence-corrected chi connectivity index (χ3v) is 3.52. The number of hydrogen-bond acceptors (Lipinski definition) is 6. The molecule has 0 atom stereocenters. The average molecular weight is 360 g/mol. The minimum atomic E-state index is -0.823. The van der Waals surface area contributed by atoms with E-state index in [-0.39, 0.29) is 12.5 Å². The minimum absolute atomic E-state index is 0.0876. The SMILES string of the molecule is CCOC(=O)/C=C/C(=O)OCC(=O)Nc1ccc(N2CCCC2=O)cc1. The van der Waals surface area contributed by atoms with Gasteiger partial charge in [-0.2, -0.15) is 0 Å². The zero-order valence-electron chi connectivity index (χ0n) is 14.4. The number of rotatable bonds is 7. The van der Waals surface area contributed by atoms with Gasteiger partial charge in [0.15, 0.2) is 6.61 Å². The zero-order chi connectivity index (χ0) is 18.9. The van der Waals surface area contributed by atoms with E-state index >= 15 is 0 Å². The van der Waals surface area contributed by atoms with Gasteiger partial charge in [0.1, 0.15) is 0 Å². The maximum absolute atomic E-state index is 11.8. The molecule has 2 amide bonds. The fraction of sp³-hybridized carbons (Fsp3) is 0.333. The molecule has 0 radical (unpaired) electrons. The van der Waals surface area contributed by atoms with Crippen molar-refractivity contribution in [3.8, 4) is 0 Å². The molecule has 8 heteroatoms. The Bertz CT molecular complexity index is 711. The fourth-order valence-electron chi connectivity index (χ4n) is 2.35. The fourth-order valence-corrected chi connectivity index (χ4v) is 2.35. The van der Waals surface area contributed by atoms with Crippen molar-refractivity contribution in [2.45, 2.75) is 19.8 Å². The van der Waals surface area contributed by atoms with Crippen LogP contribution in [0.2, 0.25) is 0 Å². The Hall–Kier alpha value is -3.16. The number of benzene rings is 1. The molecule has 0 unspecified atom stereocenters. The minimum Gasteiger partial charge on any atom is -0.463 e. The van der Waals surface area contributed by atoms with Crippen LogP contribution in [0.5, 0.6) is 0 Å². The zero-order valence-corrected chi connectivity index (χ0v) is 14.4. The van der Waals surface area contributed by atoms with Gasteiger partial charge in [0.05, 0.1) is 6.61 Å². The van der Waals surface area contributed by atoms with Crippen LogP contribution in [0.3, 0.4) is 0 Å². The van der Waals surface area contributed by atoms with Crippen molar-refractivity contribution in [2.75, 3.05) is 30.0 Å². The van der Waals surface area contributed by atoms with Crippen LogP contribution in [0.1, 0.15) is 19.8 Å². The molecule has 1 saturated heterocycles. The van der Waals surface area contributed by atoms with Gasteiger partial charge < -0.3 is 19.7 Å². The first kappa shape index (κ1) is 19.2. The summed E-state index contributed by atoms with van der Waals surface area (Å²) in [5.74, 6) is -1.92. The molecule has 1 aromatic rings. The Balaban J connectivity index is 1.78. The van der Waals surface area contributed by atoms with Gasteiger partial charge in [0, 0.05) is 36.5 Å². The number of carbonyl (C=O) groups is 4. The Kier molecular flexibility index (Phi) is 6.90. The average Bonchev–Trinajstić information content (AvgIpc) is 3.05. The lowest BCUT2D eigenvalue weighted by molar-refractivity contribution is -0.143. The second-order valence-corrected chi connectivity index (χ2v) is 5.44. The van der Waals surface area contributed by atoms with Crippen LogP contribution in [0, 0.1) is 0 Å². The number of hydrogen-bond donors (Lipinski definition) is 1. The van der Waals surface area contributed by atoms with Crippen LogP contribution in [-0.2, 0) is 28.7 Å². The molecule has 1 aliphatic heterocycles. The molecule has 0 spiro atoms. The summed E-state index contributed by atoms with van der Waals surface area (Å²) in [7, 11) is 0. The van der Waals surface area contributed by atoms with E-state index in [1.54, 1.807) is 36.1 Å². The normalized spacial score (nSPS) is 13.7. The quantitative estimate of drug-likeness (QED) is 0.583. The van der Waals surface area contributed by atoms with Crippen LogP contribution >= 0.6 is 0 Å². The number of amides is 2. The van der Waals surface area contributed by atoms with Crippen molar-refractivity contribution in [3.63, 3.8) is 0 Å². The molecular weight excluding hydrogens is 340 g/mol. The first-order chi connectivity index (χ1) is 12.5. The number of ether oxygens (including phenoxy) is 2. The van der Waals surface area contributed by atoms with Gasteiger partial charge in [0.2, 0.25) is 5.91 Å². The summed E-state index contributed by atoms with van der Waals surface area (Å²) >= 11 is 0. The van der Waals surface area contributed by atoms with Crippen molar-refractivity contribution >= 4 is 35.1 Å². The molecule has 1 aliphatic rings. The molecule has 8 nitrogen and oxygen atoms in total. The predicted molar refractivity (Wildman–Crippen MR) is 93.4 cm³/mol. The van der Waals surface area contributed by atoms with Crippen LogP contribution < -0.4 is 10.2 Å². The maximum Gasteiger partial charge on any atom is 0.331 e. The lowest BCUT2D eigenvalue weighted by Gasteiger charge is -2.16. The Morgan fingerprint density at radius 1 is 1.12 bits per heavy atom. The molecule has 1 N–H and O–H groups in total. The van der Waals surface area contributed by atoms with Crippen LogP contribution in [0.4, 0.5) is 11.4 Å². The summed E-state index contributed by atoms with van der Waals surface area (Å²) in [6, 6.07) is 6.82. The second-order valence-electron chi connectivity index (χ2n) is 5.44. The van der Waals surface area contributed by atoms with Crippen molar-refractivity contribution in [3.05, 3.63) is 36.4 Å². The molecule has 138 valence electrons. The van der Waals surface area contributed by atoms with Crippen molar-refractivity contribution in [1.82, 2.24) is 0 Å². The topological polar surface area (TPSA) is 102 Å². The molecule has 26 heavy (non-hydrogen) atoms. The van der Waals surface area contributed by atoms with E-state index in [2.05, 4.69) is 10.1 Å².